The zero-order valence-corrected chi connectivity index (χ0v) is 19.9. The summed E-state index contributed by atoms with van der Waals surface area (Å²) in [6.45, 7) is 0.428. The summed E-state index contributed by atoms with van der Waals surface area (Å²) in [5.74, 6) is 0.0397. The van der Waals surface area contributed by atoms with Crippen molar-refractivity contribution < 1.29 is 38.7 Å². The lowest BCUT2D eigenvalue weighted by molar-refractivity contribution is -0.297. The Hall–Kier alpha value is -3.27. The summed E-state index contributed by atoms with van der Waals surface area (Å²) >= 11 is 0. The lowest BCUT2D eigenvalue weighted by atomic mass is 9.98. The molecule has 8 heteroatoms. The molecule has 0 aromatic heterocycles. The zero-order valence-electron chi connectivity index (χ0n) is 19.9. The average Bonchev–Trinajstić information content (AvgIpc) is 2.92. The Morgan fingerprint density at radius 1 is 0.833 bits per heavy atom. The first-order valence-corrected chi connectivity index (χ1v) is 11.7. The first-order valence-electron chi connectivity index (χ1n) is 11.7. The molecule has 0 bridgehead atoms. The number of hydrogen-bond donors (Lipinski definition) is 2. The highest BCUT2D eigenvalue weighted by molar-refractivity contribution is 5.89. The quantitative estimate of drug-likeness (QED) is 0.415. The first kappa shape index (κ1) is 25.8. The van der Waals surface area contributed by atoms with E-state index in [1.54, 1.807) is 49.6 Å². The minimum absolute atomic E-state index is 0.00880. The van der Waals surface area contributed by atoms with Crippen molar-refractivity contribution in [3.8, 4) is 5.75 Å². The van der Waals surface area contributed by atoms with Gasteiger partial charge in [0.15, 0.2) is 12.4 Å². The third-order valence-electron chi connectivity index (χ3n) is 5.88. The van der Waals surface area contributed by atoms with Gasteiger partial charge in [-0.15, -0.1) is 0 Å². The third kappa shape index (κ3) is 6.69. The van der Waals surface area contributed by atoms with E-state index in [1.165, 1.54) is 0 Å². The second kappa shape index (κ2) is 12.6. The van der Waals surface area contributed by atoms with Crippen LogP contribution in [0, 0.1) is 0 Å². The molecule has 1 fully saturated rings. The number of methoxy groups -OCH3 is 1. The van der Waals surface area contributed by atoms with Crippen LogP contribution in [0.25, 0.3) is 0 Å². The number of hydrogen-bond acceptors (Lipinski definition) is 8. The van der Waals surface area contributed by atoms with Gasteiger partial charge in [-0.05, 0) is 35.4 Å². The molecule has 8 nitrogen and oxygen atoms in total. The fourth-order valence-electron chi connectivity index (χ4n) is 3.91. The van der Waals surface area contributed by atoms with Crippen molar-refractivity contribution in [3.63, 3.8) is 0 Å². The van der Waals surface area contributed by atoms with Crippen LogP contribution in [-0.2, 0) is 32.2 Å². The molecule has 3 aromatic carbocycles. The Kier molecular flexibility index (Phi) is 9.05. The normalized spacial score (nSPS) is 23.7. The van der Waals surface area contributed by atoms with E-state index in [2.05, 4.69) is 0 Å². The standard InChI is InChI=1S/C28H30O8/c1-32-22-14-12-20(13-15-22)17-34-25-24(29)23(18-33-16-19-8-4-2-5-9-19)35-28(31)26(25)36-27(30)21-10-6-3-7-11-21/h2-15,23-26,28-29,31H,16-18H2,1H3/t23-,24-,25+,26-,28-/m1/s1. The Morgan fingerprint density at radius 3 is 2.14 bits per heavy atom. The maximum atomic E-state index is 12.7. The van der Waals surface area contributed by atoms with Crippen molar-refractivity contribution in [2.24, 2.45) is 0 Å². The molecule has 0 amide bonds. The van der Waals surface area contributed by atoms with Gasteiger partial charge in [-0.1, -0.05) is 60.7 Å². The van der Waals surface area contributed by atoms with E-state index in [0.717, 1.165) is 11.1 Å². The molecule has 36 heavy (non-hydrogen) atoms. The first-order chi connectivity index (χ1) is 17.5. The van der Waals surface area contributed by atoms with Crippen LogP contribution in [0.15, 0.2) is 84.9 Å². The van der Waals surface area contributed by atoms with Crippen molar-refractivity contribution in [1.29, 1.82) is 0 Å². The molecular weight excluding hydrogens is 464 g/mol. The molecule has 0 radical (unpaired) electrons. The predicted molar refractivity (Wildman–Crippen MR) is 130 cm³/mol. The monoisotopic (exact) mass is 494 g/mol. The van der Waals surface area contributed by atoms with Crippen LogP contribution in [-0.4, -0.2) is 60.6 Å². The predicted octanol–water partition coefficient (Wildman–Crippen LogP) is 3.10. The van der Waals surface area contributed by atoms with Crippen molar-refractivity contribution in [2.75, 3.05) is 13.7 Å². The molecule has 0 unspecified atom stereocenters. The van der Waals surface area contributed by atoms with Gasteiger partial charge in [-0.25, -0.2) is 4.79 Å². The second-order valence-corrected chi connectivity index (χ2v) is 8.42. The van der Waals surface area contributed by atoms with Crippen LogP contribution >= 0.6 is 0 Å². The lowest BCUT2D eigenvalue weighted by Crippen LogP contribution is -2.60. The lowest BCUT2D eigenvalue weighted by Gasteiger charge is -2.42. The van der Waals surface area contributed by atoms with E-state index in [0.29, 0.717) is 17.9 Å². The maximum Gasteiger partial charge on any atom is 0.338 e. The number of aliphatic hydroxyl groups excluding tert-OH is 2. The number of carbonyl (C=O) groups excluding carboxylic acids is 1. The molecule has 5 atom stereocenters. The summed E-state index contributed by atoms with van der Waals surface area (Å²) in [7, 11) is 1.58. The van der Waals surface area contributed by atoms with E-state index in [9.17, 15) is 15.0 Å². The Balaban J connectivity index is 1.45. The summed E-state index contributed by atoms with van der Waals surface area (Å²) in [4.78, 5) is 12.7. The van der Waals surface area contributed by atoms with E-state index >= 15 is 0 Å². The average molecular weight is 495 g/mol. The van der Waals surface area contributed by atoms with Crippen molar-refractivity contribution in [2.45, 2.75) is 43.9 Å². The van der Waals surface area contributed by atoms with E-state index in [4.69, 9.17) is 23.7 Å². The highest BCUT2D eigenvalue weighted by Gasteiger charge is 2.48. The Morgan fingerprint density at radius 2 is 1.47 bits per heavy atom. The zero-order chi connectivity index (χ0) is 25.3. The third-order valence-corrected chi connectivity index (χ3v) is 5.88. The molecule has 1 aliphatic rings. The van der Waals surface area contributed by atoms with Gasteiger partial charge < -0.3 is 33.9 Å². The topological polar surface area (TPSA) is 104 Å². The Labute approximate surface area is 210 Å². The maximum absolute atomic E-state index is 12.7. The SMILES string of the molecule is COc1ccc(CO[C@H]2[C@H](O)[C@@H](COCc3ccccc3)O[C@@H](O)[C@@H]2OC(=O)c2ccccc2)cc1. The van der Waals surface area contributed by atoms with Crippen LogP contribution in [0.3, 0.4) is 0 Å². The highest BCUT2D eigenvalue weighted by Crippen LogP contribution is 2.27. The number of carbonyl (C=O) groups is 1. The van der Waals surface area contributed by atoms with E-state index in [1.807, 2.05) is 42.5 Å². The fourth-order valence-corrected chi connectivity index (χ4v) is 3.91. The summed E-state index contributed by atoms with van der Waals surface area (Å²) in [6, 6.07) is 25.2. The number of ether oxygens (including phenoxy) is 5. The molecule has 4 rings (SSSR count). The molecule has 0 spiro atoms. The molecule has 1 aliphatic heterocycles. The minimum atomic E-state index is -1.52. The van der Waals surface area contributed by atoms with Crippen LogP contribution in [0.5, 0.6) is 5.75 Å². The highest BCUT2D eigenvalue weighted by atomic mass is 16.7. The molecule has 3 aromatic rings. The van der Waals surface area contributed by atoms with Gasteiger partial charge >= 0.3 is 5.97 Å². The van der Waals surface area contributed by atoms with Crippen LogP contribution in [0.4, 0.5) is 0 Å². The van der Waals surface area contributed by atoms with Crippen molar-refractivity contribution in [3.05, 3.63) is 102 Å². The molecule has 1 heterocycles. The Bertz CT molecular complexity index is 1070. The minimum Gasteiger partial charge on any atom is -0.497 e. The summed E-state index contributed by atoms with van der Waals surface area (Å²) in [5.41, 5.74) is 2.08. The van der Waals surface area contributed by atoms with Gasteiger partial charge in [0.1, 0.15) is 24.1 Å². The molecule has 0 aliphatic carbocycles. The fraction of sp³-hybridized carbons (Fsp3) is 0.321. The van der Waals surface area contributed by atoms with Crippen molar-refractivity contribution in [1.82, 2.24) is 0 Å². The molecule has 1 saturated heterocycles. The molecule has 190 valence electrons. The molecule has 0 saturated carbocycles. The molecule has 2 N–H and O–H groups in total. The smallest absolute Gasteiger partial charge is 0.338 e. The van der Waals surface area contributed by atoms with Crippen LogP contribution < -0.4 is 4.74 Å². The number of rotatable bonds is 10. The van der Waals surface area contributed by atoms with Gasteiger partial charge in [-0.2, -0.15) is 0 Å². The van der Waals surface area contributed by atoms with Gasteiger partial charge in [-0.3, -0.25) is 0 Å². The summed E-state index contributed by atoms with van der Waals surface area (Å²) < 4.78 is 28.1. The number of benzene rings is 3. The largest absolute Gasteiger partial charge is 0.497 e. The van der Waals surface area contributed by atoms with Gasteiger partial charge in [0, 0.05) is 0 Å². The summed E-state index contributed by atoms with van der Waals surface area (Å²) in [6.07, 6.45) is -5.95. The van der Waals surface area contributed by atoms with Crippen molar-refractivity contribution >= 4 is 5.97 Å². The number of esters is 1. The summed E-state index contributed by atoms with van der Waals surface area (Å²) in [5, 5.41) is 21.8. The van der Waals surface area contributed by atoms with E-state index in [-0.39, 0.29) is 13.2 Å². The number of aliphatic hydroxyl groups is 2. The van der Waals surface area contributed by atoms with Gasteiger partial charge in [0.25, 0.3) is 0 Å². The van der Waals surface area contributed by atoms with Crippen LogP contribution in [0.2, 0.25) is 0 Å². The van der Waals surface area contributed by atoms with Crippen LogP contribution in [0.1, 0.15) is 21.5 Å². The van der Waals surface area contributed by atoms with Gasteiger partial charge in [0.2, 0.25) is 0 Å². The second-order valence-electron chi connectivity index (χ2n) is 8.42. The molecular formula is C28H30O8. The van der Waals surface area contributed by atoms with E-state index < -0.39 is 36.7 Å². The van der Waals surface area contributed by atoms with Gasteiger partial charge in [0.05, 0.1) is 32.5 Å².